The monoisotopic (exact) mass is 393 g/mol. The molecule has 1 aliphatic heterocycles. The number of hydrogen-bond acceptors (Lipinski definition) is 2. The molecule has 29 heavy (non-hydrogen) atoms. The van der Waals surface area contributed by atoms with Crippen LogP contribution in [0.5, 0.6) is 0 Å². The molecule has 0 saturated carbocycles. The highest BCUT2D eigenvalue weighted by Crippen LogP contribution is 2.25. The smallest absolute Gasteiger partial charge is 0.319 e. The lowest BCUT2D eigenvalue weighted by Crippen LogP contribution is -2.45. The first-order valence-corrected chi connectivity index (χ1v) is 10.5. The van der Waals surface area contributed by atoms with Gasteiger partial charge in [-0.1, -0.05) is 55.0 Å². The Morgan fingerprint density at radius 3 is 2.52 bits per heavy atom. The van der Waals surface area contributed by atoms with Crippen LogP contribution in [0.25, 0.3) is 0 Å². The molecule has 0 spiro atoms. The molecule has 154 valence electrons. The number of rotatable bonds is 6. The molecule has 5 heteroatoms. The van der Waals surface area contributed by atoms with Crippen LogP contribution < -0.4 is 10.6 Å². The molecule has 0 aliphatic carbocycles. The summed E-state index contributed by atoms with van der Waals surface area (Å²) in [7, 11) is 0. The number of carbonyl (C=O) groups is 2. The normalized spacial score (nSPS) is 17.4. The lowest BCUT2D eigenvalue weighted by Gasteiger charge is -2.35. The molecule has 0 bridgehead atoms. The molecule has 2 aromatic carbocycles. The average Bonchev–Trinajstić information content (AvgIpc) is 2.75. The van der Waals surface area contributed by atoms with E-state index >= 15 is 0 Å². The highest BCUT2D eigenvalue weighted by Gasteiger charge is 2.29. The maximum atomic E-state index is 13.1. The quantitative estimate of drug-likeness (QED) is 0.756. The molecule has 1 fully saturated rings. The number of carbonyl (C=O) groups excluding carboxylic acids is 2. The van der Waals surface area contributed by atoms with Gasteiger partial charge in [0, 0.05) is 25.3 Å². The molecule has 2 atom stereocenters. The van der Waals surface area contributed by atoms with Gasteiger partial charge in [-0.25, -0.2) is 4.79 Å². The summed E-state index contributed by atoms with van der Waals surface area (Å²) in [5, 5.41) is 5.82. The molecule has 1 aliphatic rings. The van der Waals surface area contributed by atoms with Crippen molar-refractivity contribution < 1.29 is 9.59 Å². The molecule has 2 N–H and O–H groups in total. The third-order valence-electron chi connectivity index (χ3n) is 5.60. The second-order valence-electron chi connectivity index (χ2n) is 7.87. The minimum atomic E-state index is -0.201. The highest BCUT2D eigenvalue weighted by atomic mass is 16.2. The van der Waals surface area contributed by atoms with Gasteiger partial charge in [0.25, 0.3) is 0 Å². The van der Waals surface area contributed by atoms with Crippen LogP contribution in [0.3, 0.4) is 0 Å². The third-order valence-corrected chi connectivity index (χ3v) is 5.60. The summed E-state index contributed by atoms with van der Waals surface area (Å²) in [5.41, 5.74) is 3.02. The molecule has 3 amide bonds. The first-order chi connectivity index (χ1) is 14.1. The number of nitrogens with zero attached hydrogens (tertiary/aromatic N) is 1. The van der Waals surface area contributed by atoms with Gasteiger partial charge in [0.15, 0.2) is 0 Å². The Morgan fingerprint density at radius 1 is 1.10 bits per heavy atom. The lowest BCUT2D eigenvalue weighted by molar-refractivity contribution is -0.134. The van der Waals surface area contributed by atoms with E-state index in [1.165, 1.54) is 0 Å². The number of hydrogen-bond donors (Lipinski definition) is 2. The number of amides is 3. The van der Waals surface area contributed by atoms with Crippen molar-refractivity contribution in [3.63, 3.8) is 0 Å². The number of anilines is 1. The van der Waals surface area contributed by atoms with E-state index in [0.29, 0.717) is 13.1 Å². The minimum absolute atomic E-state index is 0.0901. The van der Waals surface area contributed by atoms with Crippen molar-refractivity contribution in [1.82, 2.24) is 10.2 Å². The van der Waals surface area contributed by atoms with Crippen LogP contribution in [0.1, 0.15) is 43.2 Å². The molecular weight excluding hydrogens is 362 g/mol. The molecular formula is C24H31N3O2. The summed E-state index contributed by atoms with van der Waals surface area (Å²) >= 11 is 0. The average molecular weight is 394 g/mol. The van der Waals surface area contributed by atoms with E-state index in [1.807, 2.05) is 66.4 Å². The maximum Gasteiger partial charge on any atom is 0.319 e. The van der Waals surface area contributed by atoms with Gasteiger partial charge in [0.2, 0.25) is 5.91 Å². The molecule has 1 saturated heterocycles. The fourth-order valence-electron chi connectivity index (χ4n) is 3.94. The summed E-state index contributed by atoms with van der Waals surface area (Å²) in [4.78, 5) is 27.3. The van der Waals surface area contributed by atoms with E-state index < -0.39 is 0 Å². The fourth-order valence-corrected chi connectivity index (χ4v) is 3.94. The van der Waals surface area contributed by atoms with Crippen LogP contribution in [0.15, 0.2) is 54.6 Å². The number of aryl methyl sites for hydroxylation is 1. The van der Waals surface area contributed by atoms with Crippen molar-refractivity contribution in [2.45, 2.75) is 39.0 Å². The Balaban J connectivity index is 1.51. The van der Waals surface area contributed by atoms with Crippen LogP contribution in [-0.4, -0.2) is 36.5 Å². The van der Waals surface area contributed by atoms with Crippen LogP contribution in [0.4, 0.5) is 10.5 Å². The van der Waals surface area contributed by atoms with E-state index in [1.54, 1.807) is 0 Å². The largest absolute Gasteiger partial charge is 0.342 e. The van der Waals surface area contributed by atoms with E-state index in [2.05, 4.69) is 17.6 Å². The molecule has 1 heterocycles. The standard InChI is InChI=1S/C24H31N3O2/c1-3-22(20-9-5-4-6-10-20)23(28)27-15-7-8-19(17-27)16-25-24(29)26-21-13-11-18(2)12-14-21/h4-6,9-14,19,22H,3,7-8,15-17H2,1-2H3,(H2,25,26,29). The van der Waals surface area contributed by atoms with Gasteiger partial charge in [0.05, 0.1) is 5.92 Å². The number of likely N-dealkylation sites (tertiary alicyclic amines) is 1. The Bertz CT molecular complexity index is 805. The van der Waals surface area contributed by atoms with Crippen molar-refractivity contribution in [2.24, 2.45) is 5.92 Å². The van der Waals surface area contributed by atoms with Gasteiger partial charge in [-0.3, -0.25) is 4.79 Å². The summed E-state index contributed by atoms with van der Waals surface area (Å²) in [5.74, 6) is 0.394. The summed E-state index contributed by atoms with van der Waals surface area (Å²) < 4.78 is 0. The third kappa shape index (κ3) is 5.83. The van der Waals surface area contributed by atoms with Crippen LogP contribution in [0.2, 0.25) is 0 Å². The summed E-state index contributed by atoms with van der Waals surface area (Å²) in [6, 6.07) is 17.5. The topological polar surface area (TPSA) is 61.4 Å². The van der Waals surface area contributed by atoms with Gasteiger partial charge in [-0.15, -0.1) is 0 Å². The molecule has 5 nitrogen and oxygen atoms in total. The molecule has 3 rings (SSSR count). The zero-order valence-corrected chi connectivity index (χ0v) is 17.4. The Morgan fingerprint density at radius 2 is 1.83 bits per heavy atom. The second-order valence-corrected chi connectivity index (χ2v) is 7.87. The zero-order chi connectivity index (χ0) is 20.6. The summed E-state index contributed by atoms with van der Waals surface area (Å²) in [6.45, 7) is 6.15. The first-order valence-electron chi connectivity index (χ1n) is 10.5. The van der Waals surface area contributed by atoms with Gasteiger partial charge < -0.3 is 15.5 Å². The van der Waals surface area contributed by atoms with Crippen molar-refractivity contribution in [3.8, 4) is 0 Å². The number of nitrogens with one attached hydrogen (secondary N) is 2. The number of benzene rings is 2. The van der Waals surface area contributed by atoms with Crippen LogP contribution in [-0.2, 0) is 4.79 Å². The van der Waals surface area contributed by atoms with Gasteiger partial charge in [-0.05, 0) is 49.8 Å². The number of urea groups is 1. The zero-order valence-electron chi connectivity index (χ0n) is 17.4. The highest BCUT2D eigenvalue weighted by molar-refractivity contribution is 5.89. The molecule has 2 unspecified atom stereocenters. The van der Waals surface area contributed by atoms with E-state index in [4.69, 9.17) is 0 Å². The van der Waals surface area contributed by atoms with E-state index in [0.717, 1.165) is 42.6 Å². The van der Waals surface area contributed by atoms with Crippen molar-refractivity contribution >= 4 is 17.6 Å². The maximum absolute atomic E-state index is 13.1. The summed E-state index contributed by atoms with van der Waals surface area (Å²) in [6.07, 6.45) is 2.79. The Kier molecular flexibility index (Phi) is 7.28. The first kappa shape index (κ1) is 20.9. The fraction of sp³-hybridized carbons (Fsp3) is 0.417. The SMILES string of the molecule is CCC(C(=O)N1CCCC(CNC(=O)Nc2ccc(C)cc2)C1)c1ccccc1. The second kappa shape index (κ2) is 10.1. The van der Waals surface area contributed by atoms with Crippen molar-refractivity contribution in [3.05, 3.63) is 65.7 Å². The number of piperidine rings is 1. The molecule has 0 radical (unpaired) electrons. The van der Waals surface area contributed by atoms with Gasteiger partial charge >= 0.3 is 6.03 Å². The van der Waals surface area contributed by atoms with Gasteiger partial charge in [-0.2, -0.15) is 0 Å². The predicted molar refractivity (Wildman–Crippen MR) is 117 cm³/mol. The molecule has 0 aromatic heterocycles. The lowest BCUT2D eigenvalue weighted by atomic mass is 9.92. The minimum Gasteiger partial charge on any atom is -0.342 e. The Hall–Kier alpha value is -2.82. The Labute approximate surface area is 173 Å². The van der Waals surface area contributed by atoms with Crippen molar-refractivity contribution in [1.29, 1.82) is 0 Å². The van der Waals surface area contributed by atoms with Crippen LogP contribution in [0, 0.1) is 12.8 Å². The van der Waals surface area contributed by atoms with Gasteiger partial charge in [0.1, 0.15) is 0 Å². The molecule has 2 aromatic rings. The van der Waals surface area contributed by atoms with E-state index in [9.17, 15) is 9.59 Å². The predicted octanol–water partition coefficient (Wildman–Crippen LogP) is 4.55. The van der Waals surface area contributed by atoms with Crippen molar-refractivity contribution in [2.75, 3.05) is 25.0 Å². The van der Waals surface area contributed by atoms with Crippen LogP contribution >= 0.6 is 0 Å². The van der Waals surface area contributed by atoms with E-state index in [-0.39, 0.29) is 23.8 Å².